The Morgan fingerprint density at radius 3 is 1.58 bits per heavy atom. The highest BCUT2D eigenvalue weighted by Crippen LogP contribution is 2.28. The van der Waals surface area contributed by atoms with E-state index in [4.69, 9.17) is 0 Å². The fraction of sp³-hybridized carbons (Fsp3) is 0.0741. The average Bonchev–Trinajstić information content (AvgIpc) is 2.84. The molecule has 0 atom stereocenters. The lowest BCUT2D eigenvalue weighted by Gasteiger charge is -2.18. The molecule has 0 fully saturated rings. The Morgan fingerprint density at radius 2 is 1.06 bits per heavy atom. The molecule has 0 radical (unpaired) electrons. The molecule has 0 bridgehead atoms. The van der Waals surface area contributed by atoms with Gasteiger partial charge in [0.15, 0.2) is 0 Å². The lowest BCUT2D eigenvalue weighted by molar-refractivity contribution is -0.116. The van der Waals surface area contributed by atoms with Gasteiger partial charge in [-0.15, -0.1) is 0 Å². The summed E-state index contributed by atoms with van der Waals surface area (Å²) in [5.41, 5.74) is 4.52. The second-order valence-corrected chi connectivity index (χ2v) is 7.21. The van der Waals surface area contributed by atoms with E-state index in [1.807, 2.05) is 91.0 Å². The van der Waals surface area contributed by atoms with Crippen LogP contribution in [0.15, 0.2) is 125 Å². The number of benzene rings is 4. The SMILES string of the molecule is O=C(CC(c1ccccc1)c1ccccc1)Nc1ccc(N=Nc2ccccc2)cc1. The lowest BCUT2D eigenvalue weighted by Crippen LogP contribution is -2.16. The number of rotatable bonds is 7. The number of nitrogens with one attached hydrogen (secondary N) is 1. The van der Waals surface area contributed by atoms with Gasteiger partial charge in [0.2, 0.25) is 5.91 Å². The topological polar surface area (TPSA) is 53.8 Å². The Morgan fingerprint density at radius 1 is 0.613 bits per heavy atom. The zero-order valence-electron chi connectivity index (χ0n) is 17.1. The summed E-state index contributed by atoms with van der Waals surface area (Å²) in [6, 6.07) is 37.2. The van der Waals surface area contributed by atoms with Crippen LogP contribution >= 0.6 is 0 Å². The quantitative estimate of drug-likeness (QED) is 0.323. The summed E-state index contributed by atoms with van der Waals surface area (Å²) in [5.74, 6) is -0.0299. The van der Waals surface area contributed by atoms with Crippen LogP contribution in [0, 0.1) is 0 Å². The highest BCUT2D eigenvalue weighted by Gasteiger charge is 2.18. The van der Waals surface area contributed by atoms with Gasteiger partial charge >= 0.3 is 0 Å². The third kappa shape index (κ3) is 5.73. The van der Waals surface area contributed by atoms with Gasteiger partial charge in [-0.05, 0) is 47.5 Å². The third-order valence-corrected chi connectivity index (χ3v) is 4.98. The Balaban J connectivity index is 1.43. The molecule has 0 heterocycles. The van der Waals surface area contributed by atoms with Crippen molar-refractivity contribution < 1.29 is 4.79 Å². The number of carbonyl (C=O) groups excluding carboxylic acids is 1. The van der Waals surface area contributed by atoms with E-state index in [0.29, 0.717) is 6.42 Å². The lowest BCUT2D eigenvalue weighted by atomic mass is 9.88. The molecule has 4 heteroatoms. The Hall–Kier alpha value is -4.05. The van der Waals surface area contributed by atoms with Gasteiger partial charge in [-0.2, -0.15) is 10.2 Å². The zero-order valence-corrected chi connectivity index (χ0v) is 17.1. The molecule has 4 aromatic carbocycles. The maximum Gasteiger partial charge on any atom is 0.225 e. The first kappa shape index (κ1) is 20.2. The van der Waals surface area contributed by atoms with Crippen LogP contribution in [-0.2, 0) is 4.79 Å². The van der Waals surface area contributed by atoms with Gasteiger partial charge in [-0.1, -0.05) is 78.9 Å². The Kier molecular flexibility index (Phi) is 6.61. The van der Waals surface area contributed by atoms with Crippen molar-refractivity contribution in [2.24, 2.45) is 10.2 Å². The first-order valence-corrected chi connectivity index (χ1v) is 10.2. The van der Waals surface area contributed by atoms with Crippen LogP contribution < -0.4 is 5.32 Å². The molecule has 152 valence electrons. The van der Waals surface area contributed by atoms with Crippen LogP contribution in [0.4, 0.5) is 17.1 Å². The van der Waals surface area contributed by atoms with Crippen molar-refractivity contribution in [1.29, 1.82) is 0 Å². The minimum absolute atomic E-state index is 0.00125. The van der Waals surface area contributed by atoms with Crippen LogP contribution in [0.1, 0.15) is 23.5 Å². The Bertz CT molecular complexity index is 1090. The van der Waals surface area contributed by atoms with Gasteiger partial charge in [0.25, 0.3) is 0 Å². The maximum atomic E-state index is 12.8. The van der Waals surface area contributed by atoms with Gasteiger partial charge < -0.3 is 5.32 Å². The largest absolute Gasteiger partial charge is 0.326 e. The van der Waals surface area contributed by atoms with Crippen molar-refractivity contribution in [2.75, 3.05) is 5.32 Å². The number of carbonyl (C=O) groups is 1. The molecule has 4 nitrogen and oxygen atoms in total. The van der Waals surface area contributed by atoms with Crippen molar-refractivity contribution in [3.63, 3.8) is 0 Å². The van der Waals surface area contributed by atoms with Crippen LogP contribution in [0.5, 0.6) is 0 Å². The molecular weight excluding hydrogens is 382 g/mol. The second kappa shape index (κ2) is 10.1. The fourth-order valence-electron chi connectivity index (χ4n) is 3.42. The van der Waals surface area contributed by atoms with Gasteiger partial charge in [-0.25, -0.2) is 0 Å². The normalized spacial score (nSPS) is 11.0. The Labute approximate surface area is 182 Å². The molecular formula is C27H23N3O. The zero-order chi connectivity index (χ0) is 21.3. The minimum atomic E-state index is -0.0311. The van der Waals surface area contributed by atoms with Crippen LogP contribution in [0.25, 0.3) is 0 Å². The number of hydrogen-bond acceptors (Lipinski definition) is 3. The molecule has 1 amide bonds. The predicted molar refractivity (Wildman–Crippen MR) is 125 cm³/mol. The molecule has 4 rings (SSSR count). The molecule has 0 aliphatic heterocycles. The number of nitrogens with zero attached hydrogens (tertiary/aromatic N) is 2. The fourth-order valence-corrected chi connectivity index (χ4v) is 3.42. The van der Waals surface area contributed by atoms with E-state index in [1.54, 1.807) is 0 Å². The summed E-state index contributed by atoms with van der Waals surface area (Å²) < 4.78 is 0. The molecule has 4 aromatic rings. The third-order valence-electron chi connectivity index (χ3n) is 4.98. The van der Waals surface area contributed by atoms with Gasteiger partial charge in [0.05, 0.1) is 11.4 Å². The number of amides is 1. The molecule has 0 saturated heterocycles. The van der Waals surface area contributed by atoms with E-state index < -0.39 is 0 Å². The van der Waals surface area contributed by atoms with Crippen molar-refractivity contribution in [3.8, 4) is 0 Å². The monoisotopic (exact) mass is 405 g/mol. The van der Waals surface area contributed by atoms with Gasteiger partial charge in [0.1, 0.15) is 0 Å². The van der Waals surface area contributed by atoms with Crippen molar-refractivity contribution in [1.82, 2.24) is 0 Å². The molecule has 31 heavy (non-hydrogen) atoms. The molecule has 0 saturated carbocycles. The second-order valence-electron chi connectivity index (χ2n) is 7.21. The highest BCUT2D eigenvalue weighted by atomic mass is 16.1. The summed E-state index contributed by atoms with van der Waals surface area (Å²) in [7, 11) is 0. The van der Waals surface area contributed by atoms with E-state index >= 15 is 0 Å². The maximum absolute atomic E-state index is 12.8. The predicted octanol–water partition coefficient (Wildman–Crippen LogP) is 7.26. The highest BCUT2D eigenvalue weighted by molar-refractivity contribution is 5.91. The molecule has 0 aliphatic rings. The molecule has 0 aliphatic carbocycles. The van der Waals surface area contributed by atoms with E-state index in [9.17, 15) is 4.79 Å². The van der Waals surface area contributed by atoms with E-state index in [-0.39, 0.29) is 11.8 Å². The molecule has 0 unspecified atom stereocenters. The van der Waals surface area contributed by atoms with E-state index in [1.165, 1.54) is 0 Å². The first-order chi connectivity index (χ1) is 15.3. The summed E-state index contributed by atoms with van der Waals surface area (Å²) >= 11 is 0. The van der Waals surface area contributed by atoms with E-state index in [0.717, 1.165) is 28.2 Å². The van der Waals surface area contributed by atoms with Crippen molar-refractivity contribution in [2.45, 2.75) is 12.3 Å². The van der Waals surface area contributed by atoms with Crippen LogP contribution in [-0.4, -0.2) is 5.91 Å². The van der Waals surface area contributed by atoms with Crippen molar-refractivity contribution >= 4 is 23.0 Å². The summed E-state index contributed by atoms with van der Waals surface area (Å²) in [4.78, 5) is 12.8. The molecule has 1 N–H and O–H groups in total. The first-order valence-electron chi connectivity index (χ1n) is 10.2. The minimum Gasteiger partial charge on any atom is -0.326 e. The van der Waals surface area contributed by atoms with Gasteiger partial charge in [-0.3, -0.25) is 4.79 Å². The number of hydrogen-bond donors (Lipinski definition) is 1. The molecule has 0 aromatic heterocycles. The standard InChI is InChI=1S/C27H23N3O/c31-27(20-26(21-10-4-1-5-11-21)22-12-6-2-7-13-22)28-23-16-18-25(19-17-23)30-29-24-14-8-3-9-15-24/h1-19,26H,20H2,(H,28,31). The summed E-state index contributed by atoms with van der Waals surface area (Å²) in [6.45, 7) is 0. The average molecular weight is 406 g/mol. The number of azo groups is 1. The smallest absolute Gasteiger partial charge is 0.225 e. The number of anilines is 1. The van der Waals surface area contributed by atoms with Gasteiger partial charge in [0, 0.05) is 18.0 Å². The summed E-state index contributed by atoms with van der Waals surface area (Å²) in [5, 5.41) is 11.4. The molecule has 0 spiro atoms. The van der Waals surface area contributed by atoms with Crippen LogP contribution in [0.2, 0.25) is 0 Å². The summed E-state index contributed by atoms with van der Waals surface area (Å²) in [6.07, 6.45) is 0.365. The van der Waals surface area contributed by atoms with E-state index in [2.05, 4.69) is 39.8 Å². The van der Waals surface area contributed by atoms with Crippen molar-refractivity contribution in [3.05, 3.63) is 126 Å². The van der Waals surface area contributed by atoms with Crippen LogP contribution in [0.3, 0.4) is 0 Å².